The third kappa shape index (κ3) is 3.65. The summed E-state index contributed by atoms with van der Waals surface area (Å²) < 4.78 is 1.62. The Hall–Kier alpha value is -1.24. The molecule has 6 nitrogen and oxygen atoms in total. The van der Waals surface area contributed by atoms with Gasteiger partial charge in [-0.25, -0.2) is 9.89 Å². The molecule has 1 aromatic heterocycles. The van der Waals surface area contributed by atoms with E-state index in [9.17, 15) is 9.59 Å². The summed E-state index contributed by atoms with van der Waals surface area (Å²) in [4.78, 5) is 26.5. The number of likely N-dealkylation sites (tertiary alicyclic amines) is 1. The van der Waals surface area contributed by atoms with Gasteiger partial charge < -0.3 is 4.90 Å². The molecule has 2 heterocycles. The quantitative estimate of drug-likeness (QED) is 0.836. The molecule has 2 atom stereocenters. The Morgan fingerprint density at radius 1 is 1.30 bits per heavy atom. The first-order chi connectivity index (χ1) is 11.2. The van der Waals surface area contributed by atoms with Crippen molar-refractivity contribution in [3.05, 3.63) is 10.5 Å². The molecule has 1 N–H and O–H groups in total. The highest BCUT2D eigenvalue weighted by molar-refractivity contribution is 7.99. The number of rotatable bonds is 5. The van der Waals surface area contributed by atoms with Gasteiger partial charge in [-0.3, -0.25) is 9.36 Å². The number of piperidine rings is 1. The molecular weight excluding hydrogens is 312 g/mol. The second-order valence-corrected chi connectivity index (χ2v) is 7.54. The number of aromatic amines is 1. The zero-order chi connectivity index (χ0) is 16.2. The van der Waals surface area contributed by atoms with Gasteiger partial charge in [0.25, 0.3) is 0 Å². The van der Waals surface area contributed by atoms with Crippen LogP contribution in [-0.2, 0) is 11.3 Å². The number of H-pyrrole nitrogens is 1. The first-order valence-corrected chi connectivity index (χ1v) is 9.76. The SMILES string of the molecule is CCCn1c(SCC(=O)N2CCC[C@@H]3CCCC[C@H]32)n[nH]c1=O. The lowest BCUT2D eigenvalue weighted by Crippen LogP contribution is -2.50. The van der Waals surface area contributed by atoms with Crippen molar-refractivity contribution in [2.45, 2.75) is 69.6 Å². The summed E-state index contributed by atoms with van der Waals surface area (Å²) in [6.45, 7) is 3.55. The Morgan fingerprint density at radius 2 is 2.09 bits per heavy atom. The highest BCUT2D eigenvalue weighted by Crippen LogP contribution is 2.35. The van der Waals surface area contributed by atoms with Crippen LogP contribution < -0.4 is 5.69 Å². The summed E-state index contributed by atoms with van der Waals surface area (Å²) in [5.74, 6) is 1.28. The molecule has 3 rings (SSSR count). The minimum absolute atomic E-state index is 0.188. The van der Waals surface area contributed by atoms with E-state index in [-0.39, 0.29) is 11.6 Å². The van der Waals surface area contributed by atoms with Gasteiger partial charge in [0.15, 0.2) is 5.16 Å². The summed E-state index contributed by atoms with van der Waals surface area (Å²) in [5.41, 5.74) is -0.188. The van der Waals surface area contributed by atoms with Gasteiger partial charge in [-0.15, -0.1) is 5.10 Å². The largest absolute Gasteiger partial charge is 0.343 e. The Balaban J connectivity index is 1.61. The zero-order valence-corrected chi connectivity index (χ0v) is 14.6. The molecule has 1 saturated carbocycles. The average molecular weight is 338 g/mol. The molecule has 7 heteroatoms. The standard InChI is InChI=1S/C16H26N4O2S/c1-2-9-20-15(22)17-18-16(20)23-11-14(21)19-10-5-7-12-6-3-4-8-13(12)19/h12-13H,2-11H2,1H3,(H,17,22)/t12-,13+/m0/s1. The van der Waals surface area contributed by atoms with Crippen LogP contribution in [0.5, 0.6) is 0 Å². The summed E-state index contributed by atoms with van der Waals surface area (Å²) in [5, 5.41) is 7.16. The number of hydrogen-bond acceptors (Lipinski definition) is 4. The maximum absolute atomic E-state index is 12.7. The predicted molar refractivity (Wildman–Crippen MR) is 90.6 cm³/mol. The monoisotopic (exact) mass is 338 g/mol. The third-order valence-electron chi connectivity index (χ3n) is 5.06. The highest BCUT2D eigenvalue weighted by Gasteiger charge is 2.35. The number of thioether (sulfide) groups is 1. The van der Waals surface area contributed by atoms with Crippen molar-refractivity contribution < 1.29 is 4.79 Å². The molecule has 0 radical (unpaired) electrons. The van der Waals surface area contributed by atoms with E-state index >= 15 is 0 Å². The Bertz CT molecular complexity index is 595. The molecule has 0 aromatic carbocycles. The molecular formula is C16H26N4O2S. The maximum atomic E-state index is 12.7. The molecule has 1 saturated heterocycles. The van der Waals surface area contributed by atoms with Crippen molar-refractivity contribution in [3.63, 3.8) is 0 Å². The van der Waals surface area contributed by atoms with E-state index in [0.717, 1.165) is 25.8 Å². The summed E-state index contributed by atoms with van der Waals surface area (Å²) in [6.07, 6.45) is 8.26. The number of amides is 1. The summed E-state index contributed by atoms with van der Waals surface area (Å²) in [6, 6.07) is 0.447. The molecule has 23 heavy (non-hydrogen) atoms. The maximum Gasteiger partial charge on any atom is 0.343 e. The normalized spacial score (nSPS) is 24.5. The fourth-order valence-electron chi connectivity index (χ4n) is 3.98. The first-order valence-electron chi connectivity index (χ1n) is 8.78. The number of hydrogen-bond donors (Lipinski definition) is 1. The molecule has 0 bridgehead atoms. The Labute approximate surface area is 141 Å². The fraction of sp³-hybridized carbons (Fsp3) is 0.812. The lowest BCUT2D eigenvalue weighted by atomic mass is 9.78. The first kappa shape index (κ1) is 16.6. The molecule has 1 aliphatic heterocycles. The zero-order valence-electron chi connectivity index (χ0n) is 13.8. The van der Waals surface area contributed by atoms with Gasteiger partial charge >= 0.3 is 5.69 Å². The van der Waals surface area contributed by atoms with E-state index in [1.54, 1.807) is 4.57 Å². The van der Waals surface area contributed by atoms with Crippen LogP contribution in [0.15, 0.2) is 9.95 Å². The second kappa shape index (κ2) is 7.55. The van der Waals surface area contributed by atoms with Crippen molar-refractivity contribution >= 4 is 17.7 Å². The number of carbonyl (C=O) groups excluding carboxylic acids is 1. The van der Waals surface area contributed by atoms with Crippen LogP contribution in [0.2, 0.25) is 0 Å². The topological polar surface area (TPSA) is 71.0 Å². The fourth-order valence-corrected chi connectivity index (χ4v) is 4.84. The molecule has 1 aliphatic carbocycles. The van der Waals surface area contributed by atoms with Crippen molar-refractivity contribution in [1.29, 1.82) is 0 Å². The molecule has 0 unspecified atom stereocenters. The van der Waals surface area contributed by atoms with Crippen LogP contribution >= 0.6 is 11.8 Å². The van der Waals surface area contributed by atoms with Gasteiger partial charge in [-0.1, -0.05) is 31.5 Å². The molecule has 128 valence electrons. The van der Waals surface area contributed by atoms with E-state index in [1.165, 1.54) is 37.4 Å². The van der Waals surface area contributed by atoms with Crippen LogP contribution in [-0.4, -0.2) is 43.9 Å². The van der Waals surface area contributed by atoms with Crippen LogP contribution in [0, 0.1) is 5.92 Å². The van der Waals surface area contributed by atoms with E-state index in [1.807, 2.05) is 6.92 Å². The van der Waals surface area contributed by atoms with Crippen LogP contribution in [0.25, 0.3) is 0 Å². The smallest absolute Gasteiger partial charge is 0.339 e. The lowest BCUT2D eigenvalue weighted by molar-refractivity contribution is -0.134. The van der Waals surface area contributed by atoms with Crippen LogP contribution in [0.3, 0.4) is 0 Å². The van der Waals surface area contributed by atoms with Crippen LogP contribution in [0.4, 0.5) is 0 Å². The number of nitrogens with zero attached hydrogens (tertiary/aromatic N) is 3. The molecule has 1 aromatic rings. The minimum Gasteiger partial charge on any atom is -0.339 e. The van der Waals surface area contributed by atoms with E-state index in [0.29, 0.717) is 29.4 Å². The van der Waals surface area contributed by atoms with Gasteiger partial charge in [0, 0.05) is 19.1 Å². The number of aromatic nitrogens is 3. The predicted octanol–water partition coefficient (Wildman–Crippen LogP) is 2.25. The second-order valence-electron chi connectivity index (χ2n) is 6.59. The van der Waals surface area contributed by atoms with Crippen molar-refractivity contribution in [2.24, 2.45) is 5.92 Å². The average Bonchev–Trinajstić information content (AvgIpc) is 2.93. The minimum atomic E-state index is -0.188. The third-order valence-corrected chi connectivity index (χ3v) is 6.02. The van der Waals surface area contributed by atoms with Gasteiger partial charge in [0.05, 0.1) is 5.75 Å². The van der Waals surface area contributed by atoms with Gasteiger partial charge in [0.2, 0.25) is 5.91 Å². The van der Waals surface area contributed by atoms with Gasteiger partial charge in [-0.05, 0) is 38.0 Å². The molecule has 0 spiro atoms. The summed E-state index contributed by atoms with van der Waals surface area (Å²) in [7, 11) is 0. The molecule has 2 aliphatic rings. The van der Waals surface area contributed by atoms with Crippen molar-refractivity contribution in [1.82, 2.24) is 19.7 Å². The summed E-state index contributed by atoms with van der Waals surface area (Å²) >= 11 is 1.38. The van der Waals surface area contributed by atoms with Gasteiger partial charge in [-0.2, -0.15) is 0 Å². The van der Waals surface area contributed by atoms with E-state index in [2.05, 4.69) is 15.1 Å². The molecule has 1 amide bonds. The Kier molecular flexibility index (Phi) is 5.46. The van der Waals surface area contributed by atoms with Crippen LogP contribution in [0.1, 0.15) is 51.9 Å². The number of carbonyl (C=O) groups is 1. The van der Waals surface area contributed by atoms with Crippen molar-refractivity contribution in [3.8, 4) is 0 Å². The molecule has 2 fully saturated rings. The van der Waals surface area contributed by atoms with Crippen molar-refractivity contribution in [2.75, 3.05) is 12.3 Å². The number of nitrogens with one attached hydrogen (secondary N) is 1. The van der Waals surface area contributed by atoms with E-state index in [4.69, 9.17) is 0 Å². The Morgan fingerprint density at radius 3 is 2.91 bits per heavy atom. The lowest BCUT2D eigenvalue weighted by Gasteiger charge is -2.44. The van der Waals surface area contributed by atoms with Gasteiger partial charge in [0.1, 0.15) is 0 Å². The van der Waals surface area contributed by atoms with E-state index < -0.39 is 0 Å². The highest BCUT2D eigenvalue weighted by atomic mass is 32.2. The number of fused-ring (bicyclic) bond motifs is 1.